The number of nitrogens with zero attached hydrogens (tertiary/aromatic N) is 1. The summed E-state index contributed by atoms with van der Waals surface area (Å²) < 4.78 is 9.88. The number of rotatable bonds is 6. The van der Waals surface area contributed by atoms with Crippen LogP contribution in [-0.4, -0.2) is 29.2 Å². The van der Waals surface area contributed by atoms with Crippen molar-refractivity contribution >= 4 is 12.0 Å². The number of ether oxygens (including phenoxy) is 1. The van der Waals surface area contributed by atoms with Crippen molar-refractivity contribution in [3.8, 4) is 0 Å². The van der Waals surface area contributed by atoms with E-state index in [0.717, 1.165) is 5.56 Å². The van der Waals surface area contributed by atoms with Crippen LogP contribution in [0, 0.1) is 0 Å². The van der Waals surface area contributed by atoms with E-state index in [1.54, 1.807) is 6.92 Å². The molecule has 1 aromatic carbocycles. The summed E-state index contributed by atoms with van der Waals surface area (Å²) in [4.78, 5) is 15.3. The molecule has 0 fully saturated rings. The Balaban J connectivity index is 1.90. The first-order valence-corrected chi connectivity index (χ1v) is 6.30. The van der Waals surface area contributed by atoms with Gasteiger partial charge in [-0.15, -0.1) is 0 Å². The number of hydrogen-bond acceptors (Lipinski definition) is 6. The van der Waals surface area contributed by atoms with E-state index in [1.807, 2.05) is 30.3 Å². The maximum Gasteiger partial charge on any atom is 0.360 e. The number of nitrogens with one attached hydrogen (secondary N) is 1. The minimum Gasteiger partial charge on any atom is -0.461 e. The van der Waals surface area contributed by atoms with Crippen LogP contribution in [0.2, 0.25) is 0 Å². The molecule has 106 valence electrons. The third kappa shape index (κ3) is 3.58. The average molecular weight is 276 g/mol. The first-order chi connectivity index (χ1) is 9.70. The lowest BCUT2D eigenvalue weighted by atomic mass is 10.1. The fourth-order valence-corrected chi connectivity index (χ4v) is 1.63. The number of carbonyl (C=O) groups excluding carboxylic acids is 1. The molecule has 0 saturated heterocycles. The van der Waals surface area contributed by atoms with Crippen LogP contribution < -0.4 is 5.32 Å². The largest absolute Gasteiger partial charge is 0.461 e. The minimum atomic E-state index is -0.686. The van der Waals surface area contributed by atoms with Gasteiger partial charge in [-0.05, 0) is 12.5 Å². The van der Waals surface area contributed by atoms with Crippen LogP contribution in [0.1, 0.15) is 29.1 Å². The zero-order valence-corrected chi connectivity index (χ0v) is 11.1. The molecule has 0 aliphatic carbocycles. The fraction of sp³-hybridized carbons (Fsp3) is 0.286. The van der Waals surface area contributed by atoms with E-state index >= 15 is 0 Å². The molecule has 0 amide bonds. The van der Waals surface area contributed by atoms with Gasteiger partial charge in [-0.3, -0.25) is 0 Å². The normalized spacial score (nSPS) is 11.9. The zero-order chi connectivity index (χ0) is 14.4. The zero-order valence-electron chi connectivity index (χ0n) is 11.1. The Hall–Kier alpha value is -2.34. The highest BCUT2D eigenvalue weighted by atomic mass is 16.5. The molecule has 1 aromatic heterocycles. The second kappa shape index (κ2) is 6.72. The Bertz CT molecular complexity index is 553. The molecule has 1 heterocycles. The van der Waals surface area contributed by atoms with Gasteiger partial charge in [0.2, 0.25) is 0 Å². The number of aromatic nitrogens is 1. The molecule has 0 aliphatic heterocycles. The highest BCUT2D eigenvalue weighted by molar-refractivity contribution is 5.87. The van der Waals surface area contributed by atoms with Gasteiger partial charge in [-0.25, -0.2) is 4.79 Å². The molecule has 1 unspecified atom stereocenters. The second-order valence-electron chi connectivity index (χ2n) is 4.07. The number of esters is 1. The van der Waals surface area contributed by atoms with Crippen molar-refractivity contribution in [1.82, 2.24) is 4.98 Å². The predicted molar refractivity (Wildman–Crippen MR) is 72.4 cm³/mol. The van der Waals surface area contributed by atoms with Crippen LogP contribution in [0.5, 0.6) is 0 Å². The summed E-state index contributed by atoms with van der Waals surface area (Å²) in [5.74, 6) is -0.534. The van der Waals surface area contributed by atoms with Gasteiger partial charge in [-0.2, -0.15) is 4.98 Å². The van der Waals surface area contributed by atoms with Gasteiger partial charge in [-0.1, -0.05) is 30.3 Å². The molecular weight excluding hydrogens is 260 g/mol. The van der Waals surface area contributed by atoms with E-state index in [1.165, 1.54) is 6.26 Å². The summed E-state index contributed by atoms with van der Waals surface area (Å²) in [5.41, 5.74) is 0.890. The van der Waals surface area contributed by atoms with Gasteiger partial charge < -0.3 is 19.6 Å². The van der Waals surface area contributed by atoms with E-state index in [9.17, 15) is 9.90 Å². The van der Waals surface area contributed by atoms with Crippen LogP contribution in [0.4, 0.5) is 6.01 Å². The molecule has 0 aliphatic rings. The quantitative estimate of drug-likeness (QED) is 0.785. The van der Waals surface area contributed by atoms with E-state index < -0.39 is 12.1 Å². The Kier molecular flexibility index (Phi) is 4.73. The molecule has 6 nitrogen and oxygen atoms in total. The maximum absolute atomic E-state index is 11.4. The second-order valence-corrected chi connectivity index (χ2v) is 4.07. The van der Waals surface area contributed by atoms with Crippen LogP contribution in [0.3, 0.4) is 0 Å². The SMILES string of the molecule is CCOC(=O)c1coc(NCC(O)c2ccccc2)n1. The summed E-state index contributed by atoms with van der Waals surface area (Å²) in [6.07, 6.45) is 0.532. The molecule has 0 bridgehead atoms. The number of oxazole rings is 1. The Labute approximate surface area is 116 Å². The summed E-state index contributed by atoms with van der Waals surface area (Å²) in [7, 11) is 0. The molecule has 1 atom stereocenters. The summed E-state index contributed by atoms with van der Waals surface area (Å²) in [5, 5.41) is 12.8. The van der Waals surface area contributed by atoms with Gasteiger partial charge in [0.1, 0.15) is 6.26 Å². The van der Waals surface area contributed by atoms with Crippen LogP contribution in [0.25, 0.3) is 0 Å². The van der Waals surface area contributed by atoms with Gasteiger partial charge in [0.25, 0.3) is 6.01 Å². The minimum absolute atomic E-state index is 0.101. The molecule has 0 radical (unpaired) electrons. The summed E-state index contributed by atoms with van der Waals surface area (Å²) in [6.45, 7) is 2.22. The number of benzene rings is 1. The van der Waals surface area contributed by atoms with Crippen molar-refractivity contribution in [1.29, 1.82) is 0 Å². The maximum atomic E-state index is 11.4. The molecule has 2 aromatic rings. The first-order valence-electron chi connectivity index (χ1n) is 6.30. The highest BCUT2D eigenvalue weighted by Gasteiger charge is 2.14. The van der Waals surface area contributed by atoms with Crippen LogP contribution in [-0.2, 0) is 4.74 Å². The Morgan fingerprint density at radius 3 is 2.90 bits per heavy atom. The van der Waals surface area contributed by atoms with Gasteiger partial charge >= 0.3 is 5.97 Å². The van der Waals surface area contributed by atoms with E-state index in [-0.39, 0.29) is 24.9 Å². The van der Waals surface area contributed by atoms with Crippen molar-refractivity contribution in [2.75, 3.05) is 18.5 Å². The smallest absolute Gasteiger partial charge is 0.360 e. The Morgan fingerprint density at radius 2 is 2.20 bits per heavy atom. The van der Waals surface area contributed by atoms with Crippen LogP contribution >= 0.6 is 0 Å². The van der Waals surface area contributed by atoms with E-state index in [0.29, 0.717) is 0 Å². The van der Waals surface area contributed by atoms with E-state index in [4.69, 9.17) is 9.15 Å². The number of aliphatic hydroxyl groups is 1. The summed E-state index contributed by atoms with van der Waals surface area (Å²) >= 11 is 0. The lowest BCUT2D eigenvalue weighted by molar-refractivity contribution is 0.0519. The topological polar surface area (TPSA) is 84.6 Å². The molecule has 0 saturated carbocycles. The van der Waals surface area contributed by atoms with Gasteiger partial charge in [0.15, 0.2) is 5.69 Å². The van der Waals surface area contributed by atoms with Gasteiger partial charge in [0, 0.05) is 6.54 Å². The lowest BCUT2D eigenvalue weighted by Crippen LogP contribution is -2.12. The van der Waals surface area contributed by atoms with Crippen molar-refractivity contribution in [2.45, 2.75) is 13.0 Å². The molecule has 20 heavy (non-hydrogen) atoms. The molecule has 2 rings (SSSR count). The number of carbonyl (C=O) groups is 1. The summed E-state index contributed by atoms with van der Waals surface area (Å²) in [6, 6.07) is 9.40. The monoisotopic (exact) mass is 276 g/mol. The van der Waals surface area contributed by atoms with Crippen molar-refractivity contribution in [3.05, 3.63) is 47.9 Å². The van der Waals surface area contributed by atoms with Crippen molar-refractivity contribution in [2.24, 2.45) is 0 Å². The van der Waals surface area contributed by atoms with E-state index in [2.05, 4.69) is 10.3 Å². The fourth-order valence-electron chi connectivity index (χ4n) is 1.63. The molecule has 0 spiro atoms. The third-order valence-corrected chi connectivity index (χ3v) is 2.62. The highest BCUT2D eigenvalue weighted by Crippen LogP contribution is 2.14. The van der Waals surface area contributed by atoms with Crippen molar-refractivity contribution < 1.29 is 19.1 Å². The van der Waals surface area contributed by atoms with Crippen molar-refractivity contribution in [3.63, 3.8) is 0 Å². The average Bonchev–Trinajstić information content (AvgIpc) is 2.95. The molecule has 6 heteroatoms. The molecule has 2 N–H and O–H groups in total. The predicted octanol–water partition coefficient (Wildman–Crippen LogP) is 2.00. The third-order valence-electron chi connectivity index (χ3n) is 2.62. The van der Waals surface area contributed by atoms with Crippen LogP contribution in [0.15, 0.2) is 41.0 Å². The standard InChI is InChI=1S/C14H16N2O4/c1-2-19-13(18)11-9-20-14(16-11)15-8-12(17)10-6-4-3-5-7-10/h3-7,9,12,17H,2,8H2,1H3,(H,15,16). The number of anilines is 1. The molecular formula is C14H16N2O4. The Morgan fingerprint density at radius 1 is 1.45 bits per heavy atom. The lowest BCUT2D eigenvalue weighted by Gasteiger charge is -2.10. The first kappa shape index (κ1) is 14.1. The number of hydrogen-bond donors (Lipinski definition) is 2. The number of aliphatic hydroxyl groups excluding tert-OH is 1. The van der Waals surface area contributed by atoms with Gasteiger partial charge in [0.05, 0.1) is 12.7 Å².